The molecule has 0 unspecified atom stereocenters. The molecule has 27 heavy (non-hydrogen) atoms. The number of carbonyl (C=O) groups excluding carboxylic acids is 2. The molecule has 1 aromatic carbocycles. The molecule has 3 aliphatic heterocycles. The summed E-state index contributed by atoms with van der Waals surface area (Å²) in [4.78, 5) is 26.0. The number of nitrogens with one attached hydrogen (secondary N) is 1. The Hall–Kier alpha value is -1.92. The molecule has 1 aliphatic carbocycles. The van der Waals surface area contributed by atoms with Crippen LogP contribution in [0, 0.1) is 0 Å². The molecule has 1 spiro atoms. The lowest BCUT2D eigenvalue weighted by Crippen LogP contribution is -2.52. The van der Waals surface area contributed by atoms with Gasteiger partial charge in [-0.3, -0.25) is 14.9 Å². The van der Waals surface area contributed by atoms with E-state index >= 15 is 0 Å². The van der Waals surface area contributed by atoms with E-state index in [1.807, 2.05) is 0 Å². The van der Waals surface area contributed by atoms with Crippen molar-refractivity contribution >= 4 is 17.5 Å². The largest absolute Gasteiger partial charge is 0.359 e. The first kappa shape index (κ1) is 17.2. The summed E-state index contributed by atoms with van der Waals surface area (Å²) >= 11 is 0. The lowest BCUT2D eigenvalue weighted by molar-refractivity contribution is -0.178. The van der Waals surface area contributed by atoms with E-state index in [2.05, 4.69) is 28.4 Å². The monoisotopic (exact) mass is 370 g/mol. The zero-order valence-electron chi connectivity index (χ0n) is 15.5. The minimum atomic E-state index is -0.326. The number of amides is 2. The van der Waals surface area contributed by atoms with Crippen molar-refractivity contribution in [3.63, 3.8) is 0 Å². The Labute approximate surface area is 159 Å². The first-order valence-corrected chi connectivity index (χ1v) is 10.2. The number of rotatable bonds is 2. The molecule has 0 aromatic heterocycles. The van der Waals surface area contributed by atoms with Crippen molar-refractivity contribution in [3.05, 3.63) is 29.3 Å². The second-order valence-corrected chi connectivity index (χ2v) is 8.14. The number of hydrogen-bond donors (Lipinski definition) is 1. The van der Waals surface area contributed by atoms with Crippen LogP contribution in [0.3, 0.4) is 0 Å². The van der Waals surface area contributed by atoms with E-state index < -0.39 is 0 Å². The van der Waals surface area contributed by atoms with Crippen LogP contribution in [-0.2, 0) is 25.5 Å². The van der Waals surface area contributed by atoms with E-state index in [4.69, 9.17) is 9.47 Å². The smallest absolute Gasteiger partial charge is 0.249 e. The van der Waals surface area contributed by atoms with Crippen LogP contribution in [0.4, 0.5) is 5.69 Å². The van der Waals surface area contributed by atoms with Crippen LogP contribution in [0.1, 0.15) is 55.6 Å². The summed E-state index contributed by atoms with van der Waals surface area (Å²) in [5.74, 6) is -0.107. The zero-order chi connectivity index (χ0) is 18.4. The molecular formula is C21H26N2O4. The second kappa shape index (κ2) is 6.60. The Morgan fingerprint density at radius 2 is 1.81 bits per heavy atom. The van der Waals surface area contributed by atoms with Gasteiger partial charge >= 0.3 is 0 Å². The van der Waals surface area contributed by atoms with Crippen LogP contribution in [0.2, 0.25) is 0 Å². The summed E-state index contributed by atoms with van der Waals surface area (Å²) in [7, 11) is 0. The number of hydrogen-bond acceptors (Lipinski definition) is 5. The van der Waals surface area contributed by atoms with Crippen LogP contribution in [0.5, 0.6) is 0 Å². The van der Waals surface area contributed by atoms with Crippen molar-refractivity contribution in [2.75, 3.05) is 24.7 Å². The van der Waals surface area contributed by atoms with Crippen LogP contribution in [0.25, 0.3) is 0 Å². The molecule has 2 amide bonds. The van der Waals surface area contributed by atoms with Gasteiger partial charge in [0.25, 0.3) is 0 Å². The maximum Gasteiger partial charge on any atom is 0.249 e. The summed E-state index contributed by atoms with van der Waals surface area (Å²) in [6.45, 7) is 2.28. The summed E-state index contributed by atoms with van der Waals surface area (Å²) in [6.07, 6.45) is 6.07. The Morgan fingerprint density at radius 3 is 2.56 bits per heavy atom. The van der Waals surface area contributed by atoms with Crippen molar-refractivity contribution < 1.29 is 19.1 Å². The third kappa shape index (κ3) is 2.95. The van der Waals surface area contributed by atoms with Gasteiger partial charge in [-0.15, -0.1) is 0 Å². The fraction of sp³-hybridized carbons (Fsp3) is 0.619. The van der Waals surface area contributed by atoms with Gasteiger partial charge in [0.2, 0.25) is 11.8 Å². The average molecular weight is 370 g/mol. The summed E-state index contributed by atoms with van der Waals surface area (Å²) in [6, 6.07) is 6.27. The average Bonchev–Trinajstić information content (AvgIpc) is 3.30. The fourth-order valence-corrected chi connectivity index (χ4v) is 5.33. The maximum atomic E-state index is 12.3. The highest BCUT2D eigenvalue weighted by Gasteiger charge is 2.42. The lowest BCUT2D eigenvalue weighted by atomic mass is 9.79. The van der Waals surface area contributed by atoms with E-state index in [9.17, 15) is 9.59 Å². The summed E-state index contributed by atoms with van der Waals surface area (Å²) in [5.41, 5.74) is 3.99. The molecule has 6 heteroatoms. The van der Waals surface area contributed by atoms with Gasteiger partial charge in [0.1, 0.15) is 6.04 Å². The normalized spacial score (nSPS) is 27.9. The number of carbonyl (C=O) groups is 2. The van der Waals surface area contributed by atoms with E-state index in [-0.39, 0.29) is 23.6 Å². The van der Waals surface area contributed by atoms with Gasteiger partial charge in [0.05, 0.1) is 13.2 Å². The topological polar surface area (TPSA) is 67.9 Å². The van der Waals surface area contributed by atoms with Gasteiger partial charge in [0, 0.05) is 31.5 Å². The Balaban J connectivity index is 1.36. The predicted molar refractivity (Wildman–Crippen MR) is 99.5 cm³/mol. The molecule has 0 bridgehead atoms. The zero-order valence-corrected chi connectivity index (χ0v) is 15.5. The number of piperidine rings is 1. The van der Waals surface area contributed by atoms with E-state index in [1.165, 1.54) is 16.8 Å². The van der Waals surface area contributed by atoms with Crippen molar-refractivity contribution in [3.8, 4) is 0 Å². The second-order valence-electron chi connectivity index (χ2n) is 8.14. The molecule has 1 N–H and O–H groups in total. The Kier molecular flexibility index (Phi) is 4.20. The molecule has 3 heterocycles. The van der Waals surface area contributed by atoms with Crippen molar-refractivity contribution in [1.82, 2.24) is 5.32 Å². The molecule has 4 aliphatic rings. The molecular weight excluding hydrogens is 344 g/mol. The number of ether oxygens (including phenoxy) is 2. The molecule has 0 radical (unpaired) electrons. The SMILES string of the molecule is O=C1CC[C@H](N2CCc3c(C4CCC5(CC4)OCCO5)cccc32)C(=O)N1. The molecule has 144 valence electrons. The molecule has 1 aromatic rings. The quantitative estimate of drug-likeness (QED) is 0.809. The van der Waals surface area contributed by atoms with E-state index in [0.717, 1.165) is 38.6 Å². The number of fused-ring (bicyclic) bond motifs is 1. The first-order valence-electron chi connectivity index (χ1n) is 10.2. The standard InChI is InChI=1S/C21H26N2O4/c24-19-5-4-18(20(25)22-19)23-11-8-16-15(2-1-3-17(16)23)14-6-9-21(10-7-14)26-12-13-27-21/h1-3,14,18H,4-13H2,(H,22,24,25)/t18-/m0/s1. The predicted octanol–water partition coefficient (Wildman–Crippen LogP) is 2.25. The first-order chi connectivity index (χ1) is 13.2. The Morgan fingerprint density at radius 1 is 1.04 bits per heavy atom. The summed E-state index contributed by atoms with van der Waals surface area (Å²) in [5, 5.41) is 2.50. The fourth-order valence-electron chi connectivity index (χ4n) is 5.33. The highest BCUT2D eigenvalue weighted by Crippen LogP contribution is 2.45. The molecule has 5 rings (SSSR count). The van der Waals surface area contributed by atoms with E-state index in [1.54, 1.807) is 0 Å². The highest BCUT2D eigenvalue weighted by molar-refractivity contribution is 6.02. The van der Waals surface area contributed by atoms with Crippen molar-refractivity contribution in [1.29, 1.82) is 0 Å². The van der Waals surface area contributed by atoms with Gasteiger partial charge in [-0.2, -0.15) is 0 Å². The number of benzene rings is 1. The number of nitrogens with zero attached hydrogens (tertiary/aromatic N) is 1. The molecule has 2 saturated heterocycles. The van der Waals surface area contributed by atoms with Crippen LogP contribution in [0.15, 0.2) is 18.2 Å². The van der Waals surface area contributed by atoms with E-state index in [0.29, 0.717) is 32.0 Å². The molecule has 6 nitrogen and oxygen atoms in total. The third-order valence-corrected chi connectivity index (χ3v) is 6.69. The minimum absolute atomic E-state index is 0.153. The minimum Gasteiger partial charge on any atom is -0.359 e. The van der Waals surface area contributed by atoms with Gasteiger partial charge in [-0.1, -0.05) is 12.1 Å². The Bertz CT molecular complexity index is 761. The molecule has 1 saturated carbocycles. The van der Waals surface area contributed by atoms with Gasteiger partial charge in [0.15, 0.2) is 5.79 Å². The van der Waals surface area contributed by atoms with Crippen molar-refractivity contribution in [2.45, 2.75) is 62.7 Å². The van der Waals surface area contributed by atoms with Crippen LogP contribution >= 0.6 is 0 Å². The lowest BCUT2D eigenvalue weighted by Gasteiger charge is -2.36. The van der Waals surface area contributed by atoms with Gasteiger partial charge in [-0.05, 0) is 48.8 Å². The molecule has 3 fully saturated rings. The number of imide groups is 1. The van der Waals surface area contributed by atoms with Crippen LogP contribution < -0.4 is 10.2 Å². The third-order valence-electron chi connectivity index (χ3n) is 6.69. The van der Waals surface area contributed by atoms with Crippen molar-refractivity contribution in [2.24, 2.45) is 0 Å². The molecule has 1 atom stereocenters. The van der Waals surface area contributed by atoms with Crippen LogP contribution in [-0.4, -0.2) is 43.4 Å². The highest BCUT2D eigenvalue weighted by atomic mass is 16.7. The van der Waals surface area contributed by atoms with Gasteiger partial charge < -0.3 is 14.4 Å². The maximum absolute atomic E-state index is 12.3. The van der Waals surface area contributed by atoms with Gasteiger partial charge in [-0.25, -0.2) is 0 Å². The summed E-state index contributed by atoms with van der Waals surface area (Å²) < 4.78 is 11.7. The number of anilines is 1.